The van der Waals surface area contributed by atoms with Gasteiger partial charge in [0, 0.05) is 44.5 Å². The molecule has 2 atom stereocenters. The van der Waals surface area contributed by atoms with E-state index in [4.69, 9.17) is 14.2 Å². The number of ether oxygens (including phenoxy) is 3. The number of carbonyl (C=O) groups is 7. The second-order valence-electron chi connectivity index (χ2n) is 12.5. The predicted octanol–water partition coefficient (Wildman–Crippen LogP) is 4.63. The van der Waals surface area contributed by atoms with Crippen molar-refractivity contribution in [2.45, 2.75) is 59.3 Å². The summed E-state index contributed by atoms with van der Waals surface area (Å²) in [5.74, 6) is -9.60. The predicted molar refractivity (Wildman–Crippen MR) is 184 cm³/mol. The molecule has 0 saturated heterocycles. The standard InChI is InChI=1S/C38H36F3N3O10/c1-21(2)33-37(51)43(20-32(48)42-28(35(49)38(39,40)41)16-25-12-8-6-9-13-25)29(19-44(33)36(50)26-14-10-7-11-15-26)27-17-30(52-22(3)45)34(54-24(5)47)31(18-27)53-23(4)46/h6-15,17-19,21,28,33H,16,20H2,1-5H3,(H,42,48)/t28-,33-/m0/s1. The van der Waals surface area contributed by atoms with E-state index >= 15 is 0 Å². The first-order chi connectivity index (χ1) is 25.4. The molecule has 1 heterocycles. The molecule has 13 nitrogen and oxygen atoms in total. The maximum atomic E-state index is 14.5. The summed E-state index contributed by atoms with van der Waals surface area (Å²) < 4.78 is 56.9. The van der Waals surface area contributed by atoms with Gasteiger partial charge in [0.1, 0.15) is 18.6 Å². The first kappa shape index (κ1) is 40.5. The second-order valence-corrected chi connectivity index (χ2v) is 12.5. The highest BCUT2D eigenvalue weighted by Crippen LogP contribution is 2.43. The average molecular weight is 752 g/mol. The van der Waals surface area contributed by atoms with E-state index in [2.05, 4.69) is 5.32 Å². The third kappa shape index (κ3) is 9.96. The zero-order chi connectivity index (χ0) is 39.9. The normalized spacial score (nSPS) is 14.9. The van der Waals surface area contributed by atoms with Crippen molar-refractivity contribution in [3.63, 3.8) is 0 Å². The average Bonchev–Trinajstić information content (AvgIpc) is 3.08. The van der Waals surface area contributed by atoms with E-state index in [0.29, 0.717) is 5.56 Å². The molecule has 0 unspecified atom stereocenters. The van der Waals surface area contributed by atoms with Gasteiger partial charge in [0.15, 0.2) is 11.5 Å². The first-order valence-electron chi connectivity index (χ1n) is 16.5. The topological polar surface area (TPSA) is 166 Å². The van der Waals surface area contributed by atoms with Crippen LogP contribution in [0.1, 0.15) is 56.1 Å². The molecule has 16 heteroatoms. The van der Waals surface area contributed by atoms with Crippen LogP contribution >= 0.6 is 0 Å². The van der Waals surface area contributed by atoms with Gasteiger partial charge in [-0.3, -0.25) is 38.5 Å². The second kappa shape index (κ2) is 17.0. The largest absolute Gasteiger partial charge is 0.452 e. The van der Waals surface area contributed by atoms with Crippen molar-refractivity contribution in [1.29, 1.82) is 0 Å². The van der Waals surface area contributed by atoms with Gasteiger partial charge in [-0.05, 0) is 35.7 Å². The minimum atomic E-state index is -5.32. The summed E-state index contributed by atoms with van der Waals surface area (Å²) in [6, 6.07) is 14.5. The van der Waals surface area contributed by atoms with Crippen molar-refractivity contribution in [2.75, 3.05) is 6.54 Å². The smallest absolute Gasteiger partial charge is 0.423 e. The molecule has 3 aromatic rings. The first-order valence-corrected chi connectivity index (χ1v) is 16.5. The van der Waals surface area contributed by atoms with Gasteiger partial charge in [-0.25, -0.2) is 0 Å². The van der Waals surface area contributed by atoms with E-state index in [1.165, 1.54) is 30.5 Å². The fourth-order valence-electron chi connectivity index (χ4n) is 5.66. The Balaban J connectivity index is 1.91. The molecule has 0 spiro atoms. The molecule has 0 aliphatic carbocycles. The molecule has 3 amide bonds. The third-order valence-corrected chi connectivity index (χ3v) is 7.84. The summed E-state index contributed by atoms with van der Waals surface area (Å²) in [6.07, 6.45) is -4.62. The molecule has 0 saturated carbocycles. The lowest BCUT2D eigenvalue weighted by Crippen LogP contribution is -2.57. The number of hydrogen-bond donors (Lipinski definition) is 1. The van der Waals surface area contributed by atoms with Crippen LogP contribution in [0.2, 0.25) is 0 Å². The van der Waals surface area contributed by atoms with Crippen LogP contribution < -0.4 is 19.5 Å². The number of nitrogens with zero attached hydrogens (tertiary/aromatic N) is 2. The fraction of sp³-hybridized carbons (Fsp3) is 0.289. The number of amides is 3. The van der Waals surface area contributed by atoms with E-state index in [1.54, 1.807) is 50.2 Å². The summed E-state index contributed by atoms with van der Waals surface area (Å²) in [4.78, 5) is 92.9. The Labute approximate surface area is 307 Å². The maximum Gasteiger partial charge on any atom is 0.452 e. The van der Waals surface area contributed by atoms with E-state index in [0.717, 1.165) is 42.7 Å². The number of alkyl halides is 3. The lowest BCUT2D eigenvalue weighted by Gasteiger charge is -2.41. The van der Waals surface area contributed by atoms with Gasteiger partial charge in [-0.15, -0.1) is 0 Å². The molecule has 0 bridgehead atoms. The van der Waals surface area contributed by atoms with Gasteiger partial charge in [0.05, 0.1) is 5.70 Å². The van der Waals surface area contributed by atoms with Crippen LogP contribution in [-0.4, -0.2) is 76.0 Å². The molecule has 1 N–H and O–H groups in total. The lowest BCUT2D eigenvalue weighted by molar-refractivity contribution is -0.173. The van der Waals surface area contributed by atoms with Gasteiger partial charge >= 0.3 is 24.1 Å². The van der Waals surface area contributed by atoms with E-state index in [-0.39, 0.29) is 16.8 Å². The molecule has 0 radical (unpaired) electrons. The fourth-order valence-corrected chi connectivity index (χ4v) is 5.66. The summed E-state index contributed by atoms with van der Waals surface area (Å²) in [6.45, 7) is 5.38. The zero-order valence-electron chi connectivity index (χ0n) is 29.8. The van der Waals surface area contributed by atoms with Gasteiger partial charge in [0.2, 0.25) is 11.7 Å². The van der Waals surface area contributed by atoms with Crippen LogP contribution in [0.15, 0.2) is 79.0 Å². The molecule has 4 rings (SSSR count). The SMILES string of the molecule is CC(=O)Oc1cc(C2=CN(C(=O)c3ccccc3)[C@@H](C(C)C)C(=O)N2CC(=O)N[C@@H](Cc2ccccc2)C(=O)C(F)(F)F)cc(OC(C)=O)c1OC(C)=O. The Bertz CT molecular complexity index is 1940. The Morgan fingerprint density at radius 2 is 1.31 bits per heavy atom. The van der Waals surface area contributed by atoms with Crippen LogP contribution in [0.3, 0.4) is 0 Å². The highest BCUT2D eigenvalue weighted by Gasteiger charge is 2.45. The summed E-state index contributed by atoms with van der Waals surface area (Å²) in [5.41, 5.74) is 0.126. The van der Waals surface area contributed by atoms with Gasteiger partial charge < -0.3 is 24.4 Å². The van der Waals surface area contributed by atoms with Crippen LogP contribution in [-0.2, 0) is 35.2 Å². The third-order valence-electron chi connectivity index (χ3n) is 7.84. The van der Waals surface area contributed by atoms with Crippen LogP contribution in [0.5, 0.6) is 17.2 Å². The van der Waals surface area contributed by atoms with Crippen molar-refractivity contribution >= 4 is 47.1 Å². The monoisotopic (exact) mass is 751 g/mol. The Kier molecular flexibility index (Phi) is 12.7. The molecule has 284 valence electrons. The van der Waals surface area contributed by atoms with Gasteiger partial charge in [-0.1, -0.05) is 62.4 Å². The van der Waals surface area contributed by atoms with Crippen molar-refractivity contribution in [3.8, 4) is 17.2 Å². The Morgan fingerprint density at radius 3 is 1.80 bits per heavy atom. The molecule has 0 fully saturated rings. The van der Waals surface area contributed by atoms with Crippen molar-refractivity contribution in [2.24, 2.45) is 5.92 Å². The number of ketones is 1. The minimum Gasteiger partial charge on any atom is -0.423 e. The number of esters is 3. The van der Waals surface area contributed by atoms with Crippen molar-refractivity contribution in [3.05, 3.63) is 95.7 Å². The van der Waals surface area contributed by atoms with Crippen LogP contribution in [0, 0.1) is 5.92 Å². The molecular formula is C38H36F3N3O10. The number of benzene rings is 3. The Morgan fingerprint density at radius 1 is 0.796 bits per heavy atom. The lowest BCUT2D eigenvalue weighted by atomic mass is 9.95. The quantitative estimate of drug-likeness (QED) is 0.204. The number of Topliss-reactive ketones (excluding diaryl/α,β-unsaturated/α-hetero) is 1. The van der Waals surface area contributed by atoms with Crippen molar-refractivity contribution < 1.29 is 60.9 Å². The van der Waals surface area contributed by atoms with Gasteiger partial charge in [-0.2, -0.15) is 13.2 Å². The van der Waals surface area contributed by atoms with E-state index in [1.807, 2.05) is 0 Å². The molecule has 1 aliphatic rings. The number of hydrogen-bond acceptors (Lipinski definition) is 10. The molecule has 54 heavy (non-hydrogen) atoms. The number of halogens is 3. The zero-order valence-corrected chi connectivity index (χ0v) is 29.8. The van der Waals surface area contributed by atoms with E-state index in [9.17, 15) is 46.7 Å². The highest BCUT2D eigenvalue weighted by atomic mass is 19.4. The molecule has 0 aromatic heterocycles. The summed E-state index contributed by atoms with van der Waals surface area (Å²) in [7, 11) is 0. The van der Waals surface area contributed by atoms with E-state index < -0.39 is 95.8 Å². The van der Waals surface area contributed by atoms with Gasteiger partial charge in [0.25, 0.3) is 17.6 Å². The molecule has 1 aliphatic heterocycles. The number of carbonyl (C=O) groups excluding carboxylic acids is 7. The number of nitrogens with one attached hydrogen (secondary N) is 1. The highest BCUT2D eigenvalue weighted by molar-refractivity contribution is 6.04. The summed E-state index contributed by atoms with van der Waals surface area (Å²) in [5, 5.41) is 2.11. The molecule has 3 aromatic carbocycles. The minimum absolute atomic E-state index is 0.125. The maximum absolute atomic E-state index is 14.5. The van der Waals surface area contributed by atoms with Crippen LogP contribution in [0.4, 0.5) is 13.2 Å². The van der Waals surface area contributed by atoms with Crippen molar-refractivity contribution in [1.82, 2.24) is 15.1 Å². The number of rotatable bonds is 12. The summed E-state index contributed by atoms with van der Waals surface area (Å²) >= 11 is 0. The van der Waals surface area contributed by atoms with Crippen LogP contribution in [0.25, 0.3) is 5.70 Å². The molecular weight excluding hydrogens is 715 g/mol. The Hall–Kier alpha value is -6.32.